The van der Waals surface area contributed by atoms with Gasteiger partial charge in [0.05, 0.1) is 18.3 Å². The molecule has 1 fully saturated rings. The highest BCUT2D eigenvalue weighted by atomic mass is 32.2. The summed E-state index contributed by atoms with van der Waals surface area (Å²) >= 11 is 1.57. The van der Waals surface area contributed by atoms with Crippen molar-refractivity contribution in [3.63, 3.8) is 0 Å². The van der Waals surface area contributed by atoms with Crippen molar-refractivity contribution in [2.75, 3.05) is 11.9 Å². The summed E-state index contributed by atoms with van der Waals surface area (Å²) < 4.78 is 0. The van der Waals surface area contributed by atoms with E-state index in [-0.39, 0.29) is 36.2 Å². The van der Waals surface area contributed by atoms with Crippen LogP contribution in [0.1, 0.15) is 18.1 Å². The lowest BCUT2D eigenvalue weighted by Crippen LogP contribution is -2.30. The molecule has 0 aromatic heterocycles. The predicted molar refractivity (Wildman–Crippen MR) is 106 cm³/mol. The molecule has 0 aliphatic carbocycles. The van der Waals surface area contributed by atoms with Crippen molar-refractivity contribution in [1.29, 1.82) is 0 Å². The molecular weight excluding hydrogens is 362 g/mol. The summed E-state index contributed by atoms with van der Waals surface area (Å²) in [5.41, 5.74) is 2.61. The van der Waals surface area contributed by atoms with Crippen molar-refractivity contribution >= 4 is 35.3 Å². The molecule has 3 rings (SSSR count). The second-order valence-electron chi connectivity index (χ2n) is 6.27. The molecular formula is C20H21N3O3S. The van der Waals surface area contributed by atoms with E-state index >= 15 is 0 Å². The van der Waals surface area contributed by atoms with Gasteiger partial charge in [-0.25, -0.2) is 4.79 Å². The molecule has 2 aromatic rings. The van der Waals surface area contributed by atoms with Crippen molar-refractivity contribution in [2.24, 2.45) is 0 Å². The number of thioether (sulfide) groups is 1. The Morgan fingerprint density at radius 3 is 2.59 bits per heavy atom. The van der Waals surface area contributed by atoms with Crippen LogP contribution in [0.5, 0.6) is 0 Å². The molecule has 1 unspecified atom stereocenters. The van der Waals surface area contributed by atoms with E-state index in [1.165, 1.54) is 10.5 Å². The molecule has 7 heteroatoms. The highest BCUT2D eigenvalue weighted by molar-refractivity contribution is 7.99. The largest absolute Gasteiger partial charge is 0.329 e. The topological polar surface area (TPSA) is 78.5 Å². The number of urea groups is 1. The van der Waals surface area contributed by atoms with Crippen LogP contribution in [0.25, 0.3) is 0 Å². The first-order valence-electron chi connectivity index (χ1n) is 8.66. The van der Waals surface area contributed by atoms with Gasteiger partial charge in [0.1, 0.15) is 0 Å². The Balaban J connectivity index is 1.56. The maximum atomic E-state index is 12.4. The molecule has 1 atom stereocenters. The minimum absolute atomic E-state index is 0.0331. The molecule has 1 aliphatic rings. The summed E-state index contributed by atoms with van der Waals surface area (Å²) in [4.78, 5) is 37.0. The number of hydrogen-bond acceptors (Lipinski definition) is 4. The fourth-order valence-electron chi connectivity index (χ4n) is 2.66. The number of anilines is 1. The van der Waals surface area contributed by atoms with Gasteiger partial charge in [-0.2, -0.15) is 0 Å². The first-order chi connectivity index (χ1) is 13.0. The van der Waals surface area contributed by atoms with Crippen LogP contribution >= 0.6 is 11.8 Å². The van der Waals surface area contributed by atoms with Crippen LogP contribution in [-0.2, 0) is 21.9 Å². The first kappa shape index (κ1) is 19.0. The number of amides is 4. The van der Waals surface area contributed by atoms with Crippen LogP contribution in [0.15, 0.2) is 54.6 Å². The molecule has 2 N–H and O–H groups in total. The van der Waals surface area contributed by atoms with Gasteiger partial charge in [0.25, 0.3) is 0 Å². The van der Waals surface area contributed by atoms with E-state index in [1.54, 1.807) is 30.0 Å². The summed E-state index contributed by atoms with van der Waals surface area (Å²) in [6.45, 7) is 2.10. The number of hydrogen-bond donors (Lipinski definition) is 2. The maximum absolute atomic E-state index is 12.4. The molecule has 1 saturated heterocycles. The standard InChI is InChI=1S/C20H21N3O3S/c1-14(27-13-15-6-3-2-4-7-15)19(25)22-17-9-5-8-16(10-17)12-23-18(24)11-21-20(23)26/h2-10,14H,11-13H2,1H3,(H,21,26)(H,22,25). The average molecular weight is 383 g/mol. The summed E-state index contributed by atoms with van der Waals surface area (Å²) in [5.74, 6) is 0.435. The van der Waals surface area contributed by atoms with Crippen molar-refractivity contribution in [1.82, 2.24) is 10.2 Å². The van der Waals surface area contributed by atoms with E-state index < -0.39 is 0 Å². The van der Waals surface area contributed by atoms with E-state index in [0.29, 0.717) is 5.69 Å². The van der Waals surface area contributed by atoms with Gasteiger partial charge >= 0.3 is 6.03 Å². The predicted octanol–water partition coefficient (Wildman–Crippen LogP) is 3.00. The summed E-state index contributed by atoms with van der Waals surface area (Å²) in [7, 11) is 0. The Morgan fingerprint density at radius 2 is 1.89 bits per heavy atom. The zero-order valence-corrected chi connectivity index (χ0v) is 15.8. The van der Waals surface area contributed by atoms with Gasteiger partial charge in [-0.3, -0.25) is 14.5 Å². The van der Waals surface area contributed by atoms with Crippen LogP contribution in [0.4, 0.5) is 10.5 Å². The molecule has 0 radical (unpaired) electrons. The number of carbonyl (C=O) groups excluding carboxylic acids is 3. The number of imide groups is 1. The van der Waals surface area contributed by atoms with Gasteiger partial charge in [0, 0.05) is 11.4 Å². The Bertz CT molecular complexity index is 825. The fraction of sp³-hybridized carbons (Fsp3) is 0.250. The van der Waals surface area contributed by atoms with E-state index in [2.05, 4.69) is 10.6 Å². The molecule has 140 valence electrons. The molecule has 27 heavy (non-hydrogen) atoms. The van der Waals surface area contributed by atoms with Crippen LogP contribution < -0.4 is 10.6 Å². The van der Waals surface area contributed by atoms with Crippen LogP contribution in [-0.4, -0.2) is 34.5 Å². The molecule has 1 heterocycles. The number of nitrogens with zero attached hydrogens (tertiary/aromatic N) is 1. The lowest BCUT2D eigenvalue weighted by Gasteiger charge is -2.15. The van der Waals surface area contributed by atoms with E-state index in [9.17, 15) is 14.4 Å². The number of nitrogens with one attached hydrogen (secondary N) is 2. The molecule has 2 aromatic carbocycles. The van der Waals surface area contributed by atoms with E-state index in [1.807, 2.05) is 43.3 Å². The molecule has 6 nitrogen and oxygen atoms in total. The first-order valence-corrected chi connectivity index (χ1v) is 9.71. The van der Waals surface area contributed by atoms with Gasteiger partial charge in [0.2, 0.25) is 11.8 Å². The maximum Gasteiger partial charge on any atom is 0.324 e. The normalized spacial score (nSPS) is 14.8. The van der Waals surface area contributed by atoms with Gasteiger partial charge in [-0.1, -0.05) is 42.5 Å². The van der Waals surface area contributed by atoms with Crippen LogP contribution in [0.2, 0.25) is 0 Å². The number of rotatable bonds is 7. The fourth-order valence-corrected chi connectivity index (χ4v) is 3.51. The van der Waals surface area contributed by atoms with Crippen molar-refractivity contribution in [3.05, 3.63) is 65.7 Å². The third-order valence-corrected chi connectivity index (χ3v) is 5.40. The van der Waals surface area contributed by atoms with Crippen LogP contribution in [0, 0.1) is 0 Å². The quantitative estimate of drug-likeness (QED) is 0.721. The Labute approximate surface area is 162 Å². The average Bonchev–Trinajstić information content (AvgIpc) is 2.99. The monoisotopic (exact) mass is 383 g/mol. The highest BCUT2D eigenvalue weighted by Gasteiger charge is 2.28. The minimum Gasteiger partial charge on any atom is -0.329 e. The van der Waals surface area contributed by atoms with Gasteiger partial charge < -0.3 is 10.6 Å². The second kappa shape index (κ2) is 8.73. The van der Waals surface area contributed by atoms with Gasteiger partial charge in [0.15, 0.2) is 0 Å². The number of carbonyl (C=O) groups is 3. The molecule has 1 aliphatic heterocycles. The van der Waals surface area contributed by atoms with Crippen LogP contribution in [0.3, 0.4) is 0 Å². The summed E-state index contributed by atoms with van der Waals surface area (Å²) in [6.07, 6.45) is 0. The van der Waals surface area contributed by atoms with Crippen molar-refractivity contribution in [3.8, 4) is 0 Å². The Hall–Kier alpha value is -2.80. The molecule has 4 amide bonds. The SMILES string of the molecule is CC(SCc1ccccc1)C(=O)Nc1cccc(CN2C(=O)CNC2=O)c1. The molecule has 0 saturated carbocycles. The van der Waals surface area contributed by atoms with E-state index in [0.717, 1.165) is 11.3 Å². The zero-order valence-electron chi connectivity index (χ0n) is 15.0. The second-order valence-corrected chi connectivity index (χ2v) is 7.60. The minimum atomic E-state index is -0.389. The Kier molecular flexibility index (Phi) is 6.13. The third kappa shape index (κ3) is 5.10. The van der Waals surface area contributed by atoms with Crippen molar-refractivity contribution < 1.29 is 14.4 Å². The van der Waals surface area contributed by atoms with Crippen molar-refractivity contribution in [2.45, 2.75) is 24.5 Å². The third-order valence-electron chi connectivity index (χ3n) is 4.18. The number of benzene rings is 2. The van der Waals surface area contributed by atoms with E-state index in [4.69, 9.17) is 0 Å². The molecule has 0 spiro atoms. The smallest absolute Gasteiger partial charge is 0.324 e. The summed E-state index contributed by atoms with van der Waals surface area (Å²) in [5, 5.41) is 5.19. The van der Waals surface area contributed by atoms with Gasteiger partial charge in [-0.15, -0.1) is 11.8 Å². The summed E-state index contributed by atoms with van der Waals surface area (Å²) in [6, 6.07) is 16.8. The lowest BCUT2D eigenvalue weighted by atomic mass is 10.2. The Morgan fingerprint density at radius 1 is 1.15 bits per heavy atom. The zero-order chi connectivity index (χ0) is 19.2. The molecule has 0 bridgehead atoms. The lowest BCUT2D eigenvalue weighted by molar-refractivity contribution is -0.125. The van der Waals surface area contributed by atoms with Gasteiger partial charge in [-0.05, 0) is 30.2 Å². The highest BCUT2D eigenvalue weighted by Crippen LogP contribution is 2.20.